The van der Waals surface area contributed by atoms with Gasteiger partial charge in [-0.1, -0.05) is 24.3 Å². The average Bonchev–Trinajstić information content (AvgIpc) is 2.38. The maximum Gasteiger partial charge on any atom is 0.123 e. The van der Waals surface area contributed by atoms with Crippen molar-refractivity contribution in [1.82, 2.24) is 5.32 Å². The van der Waals surface area contributed by atoms with Crippen molar-refractivity contribution in [1.29, 1.82) is 0 Å². The van der Waals surface area contributed by atoms with Crippen LogP contribution in [0, 0.1) is 5.82 Å². The van der Waals surface area contributed by atoms with E-state index in [0.29, 0.717) is 0 Å². The zero-order valence-electron chi connectivity index (χ0n) is 11.1. The first kappa shape index (κ1) is 13.6. The summed E-state index contributed by atoms with van der Waals surface area (Å²) in [4.78, 5) is 0. The Bertz CT molecular complexity index is 506. The molecular formula is C16H18FNO. The van der Waals surface area contributed by atoms with Crippen LogP contribution in [0.5, 0.6) is 5.75 Å². The van der Waals surface area contributed by atoms with Crippen LogP contribution in [-0.4, -0.2) is 5.11 Å². The molecule has 0 spiro atoms. The summed E-state index contributed by atoms with van der Waals surface area (Å²) < 4.78 is 13.2. The van der Waals surface area contributed by atoms with Crippen LogP contribution in [-0.2, 0) is 0 Å². The fraction of sp³-hybridized carbons (Fsp3) is 0.250. The van der Waals surface area contributed by atoms with Crippen molar-refractivity contribution >= 4 is 0 Å². The predicted molar refractivity (Wildman–Crippen MR) is 74.5 cm³/mol. The summed E-state index contributed by atoms with van der Waals surface area (Å²) in [7, 11) is 0. The lowest BCUT2D eigenvalue weighted by atomic mass is 10.0. The highest BCUT2D eigenvalue weighted by Crippen LogP contribution is 2.22. The van der Waals surface area contributed by atoms with E-state index in [2.05, 4.69) is 5.32 Å². The summed E-state index contributed by atoms with van der Waals surface area (Å²) in [5, 5.41) is 12.9. The highest BCUT2D eigenvalue weighted by Gasteiger charge is 2.11. The SMILES string of the molecule is CC(N[C@@H](C)c1cccc(F)c1)c1cccc(O)c1. The molecule has 2 aromatic rings. The summed E-state index contributed by atoms with van der Waals surface area (Å²) in [5.41, 5.74) is 1.91. The van der Waals surface area contributed by atoms with E-state index >= 15 is 0 Å². The Balaban J connectivity index is 2.08. The maximum atomic E-state index is 13.2. The van der Waals surface area contributed by atoms with Gasteiger partial charge in [-0.25, -0.2) is 4.39 Å². The number of benzene rings is 2. The predicted octanol–water partition coefficient (Wildman–Crippen LogP) is 3.94. The van der Waals surface area contributed by atoms with Crippen LogP contribution in [0.2, 0.25) is 0 Å². The third kappa shape index (κ3) is 3.55. The molecular weight excluding hydrogens is 241 g/mol. The number of nitrogens with one attached hydrogen (secondary N) is 1. The van der Waals surface area contributed by atoms with E-state index in [1.54, 1.807) is 18.2 Å². The second-order valence-corrected chi connectivity index (χ2v) is 4.76. The molecule has 0 amide bonds. The lowest BCUT2D eigenvalue weighted by molar-refractivity contribution is 0.466. The number of aromatic hydroxyl groups is 1. The Kier molecular flexibility index (Phi) is 4.17. The van der Waals surface area contributed by atoms with Gasteiger partial charge in [-0.2, -0.15) is 0 Å². The van der Waals surface area contributed by atoms with Gasteiger partial charge in [0, 0.05) is 12.1 Å². The average molecular weight is 259 g/mol. The van der Waals surface area contributed by atoms with Crippen LogP contribution in [0.15, 0.2) is 48.5 Å². The standard InChI is InChI=1S/C16H18FNO/c1-11(13-5-3-7-15(17)9-13)18-12(2)14-6-4-8-16(19)10-14/h3-12,18-19H,1-2H3/t11-,12?/m0/s1. The van der Waals surface area contributed by atoms with Crippen molar-refractivity contribution in [2.24, 2.45) is 0 Å². The van der Waals surface area contributed by atoms with Gasteiger partial charge in [-0.3, -0.25) is 0 Å². The molecule has 0 aromatic heterocycles. The molecule has 0 heterocycles. The van der Waals surface area contributed by atoms with Gasteiger partial charge in [0.15, 0.2) is 0 Å². The molecule has 0 aliphatic carbocycles. The van der Waals surface area contributed by atoms with Crippen LogP contribution >= 0.6 is 0 Å². The molecule has 0 aliphatic rings. The molecule has 2 aromatic carbocycles. The van der Waals surface area contributed by atoms with Crippen molar-refractivity contribution in [3.63, 3.8) is 0 Å². The zero-order valence-corrected chi connectivity index (χ0v) is 11.1. The molecule has 2 rings (SSSR count). The monoisotopic (exact) mass is 259 g/mol. The molecule has 1 unspecified atom stereocenters. The summed E-state index contributed by atoms with van der Waals surface area (Å²) in [6.07, 6.45) is 0. The van der Waals surface area contributed by atoms with Crippen molar-refractivity contribution in [2.45, 2.75) is 25.9 Å². The van der Waals surface area contributed by atoms with E-state index in [4.69, 9.17) is 0 Å². The molecule has 0 saturated carbocycles. The minimum atomic E-state index is -0.226. The van der Waals surface area contributed by atoms with Crippen LogP contribution in [0.4, 0.5) is 4.39 Å². The molecule has 2 atom stereocenters. The topological polar surface area (TPSA) is 32.3 Å². The van der Waals surface area contributed by atoms with Crippen LogP contribution < -0.4 is 5.32 Å². The first-order valence-electron chi connectivity index (χ1n) is 6.36. The minimum Gasteiger partial charge on any atom is -0.508 e. The third-order valence-electron chi connectivity index (χ3n) is 3.22. The number of phenols is 1. The highest BCUT2D eigenvalue weighted by atomic mass is 19.1. The van der Waals surface area contributed by atoms with Gasteiger partial charge < -0.3 is 10.4 Å². The summed E-state index contributed by atoms with van der Waals surface area (Å²) in [6, 6.07) is 13.8. The normalized spacial score (nSPS) is 14.1. The van der Waals surface area contributed by atoms with E-state index in [9.17, 15) is 9.50 Å². The lowest BCUT2D eigenvalue weighted by Crippen LogP contribution is -2.22. The van der Waals surface area contributed by atoms with Crippen LogP contribution in [0.25, 0.3) is 0 Å². The van der Waals surface area contributed by atoms with Crippen molar-refractivity contribution in [3.8, 4) is 5.75 Å². The lowest BCUT2D eigenvalue weighted by Gasteiger charge is -2.21. The van der Waals surface area contributed by atoms with Gasteiger partial charge in [-0.15, -0.1) is 0 Å². The van der Waals surface area contributed by atoms with E-state index in [0.717, 1.165) is 11.1 Å². The molecule has 3 heteroatoms. The minimum absolute atomic E-state index is 0.0352. The van der Waals surface area contributed by atoms with Crippen molar-refractivity contribution in [2.75, 3.05) is 0 Å². The second-order valence-electron chi connectivity index (χ2n) is 4.76. The molecule has 100 valence electrons. The largest absolute Gasteiger partial charge is 0.508 e. The Morgan fingerprint density at radius 1 is 0.947 bits per heavy atom. The molecule has 0 saturated heterocycles. The van der Waals surface area contributed by atoms with Gasteiger partial charge in [0.25, 0.3) is 0 Å². The van der Waals surface area contributed by atoms with Crippen molar-refractivity contribution in [3.05, 3.63) is 65.5 Å². The number of halogens is 1. The Morgan fingerprint density at radius 2 is 1.53 bits per heavy atom. The maximum absolute atomic E-state index is 13.2. The van der Waals surface area contributed by atoms with Gasteiger partial charge in [0.05, 0.1) is 0 Å². The molecule has 0 radical (unpaired) electrons. The number of hydrogen-bond acceptors (Lipinski definition) is 2. The first-order valence-corrected chi connectivity index (χ1v) is 6.36. The summed E-state index contributed by atoms with van der Waals surface area (Å²) >= 11 is 0. The quantitative estimate of drug-likeness (QED) is 0.871. The Morgan fingerprint density at radius 3 is 2.11 bits per heavy atom. The summed E-state index contributed by atoms with van der Waals surface area (Å²) in [6.45, 7) is 4.01. The molecule has 2 nitrogen and oxygen atoms in total. The van der Waals surface area contributed by atoms with Crippen LogP contribution in [0.3, 0.4) is 0 Å². The van der Waals surface area contributed by atoms with E-state index in [1.165, 1.54) is 12.1 Å². The van der Waals surface area contributed by atoms with Crippen LogP contribution in [0.1, 0.15) is 37.1 Å². The first-order chi connectivity index (χ1) is 9.06. The Hall–Kier alpha value is -1.87. The second kappa shape index (κ2) is 5.85. The Labute approximate surface area is 112 Å². The van der Waals surface area contributed by atoms with Gasteiger partial charge in [0.1, 0.15) is 11.6 Å². The molecule has 0 fully saturated rings. The van der Waals surface area contributed by atoms with E-state index in [1.807, 2.05) is 32.0 Å². The van der Waals surface area contributed by atoms with E-state index < -0.39 is 0 Å². The molecule has 19 heavy (non-hydrogen) atoms. The van der Waals surface area contributed by atoms with Crippen molar-refractivity contribution < 1.29 is 9.50 Å². The highest BCUT2D eigenvalue weighted by molar-refractivity contribution is 5.29. The fourth-order valence-electron chi connectivity index (χ4n) is 2.14. The van der Waals surface area contributed by atoms with E-state index in [-0.39, 0.29) is 23.7 Å². The number of hydrogen-bond donors (Lipinski definition) is 2. The number of rotatable bonds is 4. The smallest absolute Gasteiger partial charge is 0.123 e. The molecule has 2 N–H and O–H groups in total. The van der Waals surface area contributed by atoms with Gasteiger partial charge in [0.2, 0.25) is 0 Å². The van der Waals surface area contributed by atoms with Gasteiger partial charge >= 0.3 is 0 Å². The zero-order chi connectivity index (χ0) is 13.8. The third-order valence-corrected chi connectivity index (χ3v) is 3.22. The fourth-order valence-corrected chi connectivity index (χ4v) is 2.14. The molecule has 0 bridgehead atoms. The summed E-state index contributed by atoms with van der Waals surface area (Å²) in [5.74, 6) is 0.0284. The number of phenolic OH excluding ortho intramolecular Hbond substituents is 1. The molecule has 0 aliphatic heterocycles. The van der Waals surface area contributed by atoms with Gasteiger partial charge in [-0.05, 0) is 49.2 Å².